The summed E-state index contributed by atoms with van der Waals surface area (Å²) in [4.78, 5) is 22.6. The second-order valence-corrected chi connectivity index (χ2v) is 5.73. The smallest absolute Gasteiger partial charge is 0.159 e. The van der Waals surface area contributed by atoms with Crippen molar-refractivity contribution in [2.75, 3.05) is 0 Å². The standard InChI is InChI=1S/C18H14Cl2O2/c1-11(21)15-7-5-13(17(19)9-15)3-4-14-6-8-16(12(2)22)10-18(14)20/h3-10H,1-2H3/b4-3+. The van der Waals surface area contributed by atoms with Gasteiger partial charge in [0.25, 0.3) is 0 Å². The Morgan fingerprint density at radius 1 is 0.773 bits per heavy atom. The molecule has 2 rings (SSSR count). The predicted octanol–water partition coefficient (Wildman–Crippen LogP) is 5.57. The average Bonchev–Trinajstić information content (AvgIpc) is 2.46. The first-order chi connectivity index (χ1) is 10.4. The molecule has 0 spiro atoms. The fraction of sp³-hybridized carbons (Fsp3) is 0.111. The van der Waals surface area contributed by atoms with Crippen LogP contribution in [0.2, 0.25) is 10.0 Å². The Labute approximate surface area is 139 Å². The molecule has 2 aromatic rings. The average molecular weight is 333 g/mol. The quantitative estimate of drug-likeness (QED) is 0.541. The normalized spacial score (nSPS) is 10.9. The highest BCUT2D eigenvalue weighted by Crippen LogP contribution is 2.24. The van der Waals surface area contributed by atoms with Crippen LogP contribution in [0.1, 0.15) is 45.7 Å². The molecule has 0 atom stereocenters. The highest BCUT2D eigenvalue weighted by Gasteiger charge is 2.05. The minimum Gasteiger partial charge on any atom is -0.295 e. The molecule has 0 aromatic heterocycles. The molecule has 4 heteroatoms. The van der Waals surface area contributed by atoms with E-state index in [9.17, 15) is 9.59 Å². The van der Waals surface area contributed by atoms with Crippen LogP contribution < -0.4 is 0 Å². The number of Topliss-reactive ketones (excluding diaryl/α,β-unsaturated/α-hetero) is 2. The van der Waals surface area contributed by atoms with E-state index in [-0.39, 0.29) is 11.6 Å². The van der Waals surface area contributed by atoms with Crippen molar-refractivity contribution in [2.45, 2.75) is 13.8 Å². The molecule has 22 heavy (non-hydrogen) atoms. The van der Waals surface area contributed by atoms with Gasteiger partial charge in [0.05, 0.1) is 0 Å². The zero-order valence-electron chi connectivity index (χ0n) is 12.2. The Kier molecular flexibility index (Phi) is 5.17. The molecule has 0 amide bonds. The number of carbonyl (C=O) groups is 2. The maximum atomic E-state index is 11.3. The number of halogens is 2. The van der Waals surface area contributed by atoms with Gasteiger partial charge in [-0.15, -0.1) is 0 Å². The zero-order chi connectivity index (χ0) is 16.3. The van der Waals surface area contributed by atoms with Gasteiger partial charge in [0, 0.05) is 21.2 Å². The van der Waals surface area contributed by atoms with Crippen molar-refractivity contribution in [3.05, 3.63) is 68.7 Å². The Hall–Kier alpha value is -1.90. The van der Waals surface area contributed by atoms with Crippen molar-refractivity contribution in [1.82, 2.24) is 0 Å². The fourth-order valence-electron chi connectivity index (χ4n) is 1.94. The summed E-state index contributed by atoms with van der Waals surface area (Å²) < 4.78 is 0. The van der Waals surface area contributed by atoms with E-state index in [0.29, 0.717) is 21.2 Å². The summed E-state index contributed by atoms with van der Waals surface area (Å²) >= 11 is 12.3. The van der Waals surface area contributed by atoms with E-state index in [1.54, 1.807) is 36.4 Å². The topological polar surface area (TPSA) is 34.1 Å². The summed E-state index contributed by atoms with van der Waals surface area (Å²) in [6.45, 7) is 3.00. The second-order valence-electron chi connectivity index (χ2n) is 4.92. The van der Waals surface area contributed by atoms with Crippen LogP contribution in [0.3, 0.4) is 0 Å². The molecule has 0 aliphatic carbocycles. The summed E-state index contributed by atoms with van der Waals surface area (Å²) in [5.74, 6) is -0.0550. The van der Waals surface area contributed by atoms with Gasteiger partial charge in [0.2, 0.25) is 0 Å². The molecular weight excluding hydrogens is 319 g/mol. The summed E-state index contributed by atoms with van der Waals surface area (Å²) in [6, 6.07) is 10.3. The van der Waals surface area contributed by atoms with Gasteiger partial charge in [0.1, 0.15) is 0 Å². The van der Waals surface area contributed by atoms with Crippen LogP contribution in [0.4, 0.5) is 0 Å². The minimum absolute atomic E-state index is 0.0275. The van der Waals surface area contributed by atoms with Gasteiger partial charge >= 0.3 is 0 Å². The van der Waals surface area contributed by atoms with Crippen LogP contribution in [-0.2, 0) is 0 Å². The van der Waals surface area contributed by atoms with Crippen molar-refractivity contribution < 1.29 is 9.59 Å². The van der Waals surface area contributed by atoms with Crippen LogP contribution in [0.15, 0.2) is 36.4 Å². The summed E-state index contributed by atoms with van der Waals surface area (Å²) in [5, 5.41) is 1.00. The lowest BCUT2D eigenvalue weighted by atomic mass is 10.1. The van der Waals surface area contributed by atoms with Crippen molar-refractivity contribution in [1.29, 1.82) is 0 Å². The third-order valence-electron chi connectivity index (χ3n) is 3.26. The molecule has 0 unspecified atom stereocenters. The molecule has 0 radical (unpaired) electrons. The van der Waals surface area contributed by atoms with Crippen LogP contribution in [0, 0.1) is 0 Å². The molecule has 112 valence electrons. The first-order valence-corrected chi connectivity index (χ1v) is 7.43. The van der Waals surface area contributed by atoms with E-state index in [1.807, 2.05) is 12.2 Å². The van der Waals surface area contributed by atoms with E-state index < -0.39 is 0 Å². The summed E-state index contributed by atoms with van der Waals surface area (Å²) in [5.41, 5.74) is 2.73. The highest BCUT2D eigenvalue weighted by molar-refractivity contribution is 6.33. The third-order valence-corrected chi connectivity index (χ3v) is 3.91. The number of ketones is 2. The molecule has 0 aliphatic heterocycles. The van der Waals surface area contributed by atoms with E-state index in [1.165, 1.54) is 13.8 Å². The first kappa shape index (κ1) is 16.5. The maximum Gasteiger partial charge on any atom is 0.159 e. The number of carbonyl (C=O) groups excluding carboxylic acids is 2. The van der Waals surface area contributed by atoms with Crippen molar-refractivity contribution in [3.8, 4) is 0 Å². The highest BCUT2D eigenvalue weighted by atomic mass is 35.5. The SMILES string of the molecule is CC(=O)c1ccc(/C=C/c2ccc(C(C)=O)cc2Cl)c(Cl)c1. The van der Waals surface area contributed by atoms with Crippen LogP contribution in [-0.4, -0.2) is 11.6 Å². The molecule has 0 heterocycles. The van der Waals surface area contributed by atoms with Crippen LogP contribution >= 0.6 is 23.2 Å². The largest absolute Gasteiger partial charge is 0.295 e. The van der Waals surface area contributed by atoms with E-state index in [4.69, 9.17) is 23.2 Å². The molecule has 0 aliphatic rings. The first-order valence-electron chi connectivity index (χ1n) is 6.67. The molecule has 0 saturated carbocycles. The fourth-order valence-corrected chi connectivity index (χ4v) is 2.43. The van der Waals surface area contributed by atoms with E-state index in [0.717, 1.165) is 11.1 Å². The predicted molar refractivity (Wildman–Crippen MR) is 91.8 cm³/mol. The monoisotopic (exact) mass is 332 g/mol. The summed E-state index contributed by atoms with van der Waals surface area (Å²) in [7, 11) is 0. The van der Waals surface area contributed by atoms with Gasteiger partial charge < -0.3 is 0 Å². The molecule has 2 aromatic carbocycles. The lowest BCUT2D eigenvalue weighted by Gasteiger charge is -2.03. The molecule has 0 N–H and O–H groups in total. The minimum atomic E-state index is -0.0275. The van der Waals surface area contributed by atoms with Gasteiger partial charge in [0.15, 0.2) is 11.6 Å². The van der Waals surface area contributed by atoms with Crippen molar-refractivity contribution in [3.63, 3.8) is 0 Å². The number of hydrogen-bond donors (Lipinski definition) is 0. The molecule has 0 fully saturated rings. The Bertz CT molecular complexity index is 711. The molecule has 0 bridgehead atoms. The van der Waals surface area contributed by atoms with Gasteiger partial charge in [-0.05, 0) is 37.1 Å². The lowest BCUT2D eigenvalue weighted by molar-refractivity contribution is 0.100. The van der Waals surface area contributed by atoms with Gasteiger partial charge in [-0.1, -0.05) is 59.6 Å². The molecular formula is C18H14Cl2O2. The number of benzene rings is 2. The number of rotatable bonds is 4. The van der Waals surface area contributed by atoms with Crippen molar-refractivity contribution >= 4 is 46.9 Å². The maximum absolute atomic E-state index is 11.3. The van der Waals surface area contributed by atoms with Crippen LogP contribution in [0.5, 0.6) is 0 Å². The van der Waals surface area contributed by atoms with Crippen LogP contribution in [0.25, 0.3) is 12.2 Å². The second kappa shape index (κ2) is 6.91. The zero-order valence-corrected chi connectivity index (χ0v) is 13.7. The van der Waals surface area contributed by atoms with E-state index >= 15 is 0 Å². The van der Waals surface area contributed by atoms with E-state index in [2.05, 4.69) is 0 Å². The molecule has 0 saturated heterocycles. The third kappa shape index (κ3) is 3.85. The number of hydrogen-bond acceptors (Lipinski definition) is 2. The Balaban J connectivity index is 2.29. The Morgan fingerprint density at radius 3 is 1.41 bits per heavy atom. The van der Waals surface area contributed by atoms with Gasteiger partial charge in [-0.3, -0.25) is 9.59 Å². The van der Waals surface area contributed by atoms with Gasteiger partial charge in [-0.25, -0.2) is 0 Å². The van der Waals surface area contributed by atoms with Gasteiger partial charge in [-0.2, -0.15) is 0 Å². The Morgan fingerprint density at radius 2 is 1.14 bits per heavy atom. The lowest BCUT2D eigenvalue weighted by Crippen LogP contribution is -1.92. The van der Waals surface area contributed by atoms with Crippen molar-refractivity contribution in [2.24, 2.45) is 0 Å². The molecule has 2 nitrogen and oxygen atoms in total. The summed E-state index contributed by atoms with van der Waals surface area (Å²) in [6.07, 6.45) is 3.64.